The molecule has 7 nitrogen and oxygen atoms in total. The van der Waals surface area contributed by atoms with E-state index in [0.717, 1.165) is 10.5 Å². The number of ether oxygens (including phenoxy) is 1. The monoisotopic (exact) mass is 423 g/mol. The van der Waals surface area contributed by atoms with Crippen LogP contribution in [0.4, 0.5) is 10.1 Å². The summed E-state index contributed by atoms with van der Waals surface area (Å²) in [6.07, 6.45) is 2.65. The van der Waals surface area contributed by atoms with Gasteiger partial charge in [0.25, 0.3) is 5.91 Å². The van der Waals surface area contributed by atoms with Gasteiger partial charge in [-0.2, -0.15) is 0 Å². The zero-order chi connectivity index (χ0) is 21.3. The van der Waals surface area contributed by atoms with E-state index < -0.39 is 16.6 Å². The molecule has 9 heteroatoms. The molecule has 30 heavy (non-hydrogen) atoms. The van der Waals surface area contributed by atoms with E-state index in [1.54, 1.807) is 13.0 Å². The molecule has 1 amide bonds. The zero-order valence-corrected chi connectivity index (χ0v) is 17.0. The van der Waals surface area contributed by atoms with Gasteiger partial charge in [-0.25, -0.2) is 19.4 Å². The van der Waals surface area contributed by atoms with E-state index in [1.807, 2.05) is 24.3 Å². The van der Waals surface area contributed by atoms with Crippen molar-refractivity contribution >= 4 is 29.2 Å². The summed E-state index contributed by atoms with van der Waals surface area (Å²) >= 11 is 1.40. The summed E-state index contributed by atoms with van der Waals surface area (Å²) in [6.45, 7) is 1.79. The highest BCUT2D eigenvalue weighted by atomic mass is 32.2. The number of amides is 1. The molecule has 2 heterocycles. The largest absolute Gasteiger partial charge is 0.480 e. The quantitative estimate of drug-likeness (QED) is 0.665. The van der Waals surface area contributed by atoms with Gasteiger partial charge in [0.05, 0.1) is 19.5 Å². The van der Waals surface area contributed by atoms with Crippen molar-refractivity contribution in [2.45, 2.75) is 16.7 Å². The average Bonchev–Trinajstić information content (AvgIpc) is 2.75. The Kier molecular flexibility index (Phi) is 5.13. The maximum atomic E-state index is 14.8. The number of fused-ring (bicyclic) bond motifs is 1. The van der Waals surface area contributed by atoms with Crippen LogP contribution in [0.5, 0.6) is 5.88 Å². The minimum absolute atomic E-state index is 0.108. The summed E-state index contributed by atoms with van der Waals surface area (Å²) in [7, 11) is 1.46. The standard InChI is InChI=1S/C21H18FN5O2S/c1-21(27-19(23)13-5-3-4-6-17(13)30-21)14-9-12(7-8-15(14)22)26-20(28)16-10-25-18(29-2)11-24-16/h3-11H,1-2H3,(H2,23,27)(H,26,28). The number of nitrogens with zero attached hydrogens (tertiary/aromatic N) is 3. The second-order valence-corrected chi connectivity index (χ2v) is 8.11. The first-order valence-corrected chi connectivity index (χ1v) is 9.82. The highest BCUT2D eigenvalue weighted by molar-refractivity contribution is 8.00. The van der Waals surface area contributed by atoms with Crippen molar-refractivity contribution in [2.24, 2.45) is 10.7 Å². The van der Waals surface area contributed by atoms with E-state index in [4.69, 9.17) is 10.5 Å². The van der Waals surface area contributed by atoms with Gasteiger partial charge in [-0.05, 0) is 31.2 Å². The minimum atomic E-state index is -0.983. The van der Waals surface area contributed by atoms with Crippen LogP contribution in [0, 0.1) is 5.82 Å². The van der Waals surface area contributed by atoms with Crippen molar-refractivity contribution < 1.29 is 13.9 Å². The topological polar surface area (TPSA) is 102 Å². The lowest BCUT2D eigenvalue weighted by atomic mass is 10.1. The molecule has 1 unspecified atom stereocenters. The Morgan fingerprint density at radius 1 is 1.20 bits per heavy atom. The molecule has 1 atom stereocenters. The highest BCUT2D eigenvalue weighted by Gasteiger charge is 2.35. The van der Waals surface area contributed by atoms with E-state index >= 15 is 0 Å². The number of rotatable bonds is 4. The fraction of sp³-hybridized carbons (Fsp3) is 0.143. The summed E-state index contributed by atoms with van der Waals surface area (Å²) in [4.78, 5) is 24.9. The van der Waals surface area contributed by atoms with Crippen LogP contribution >= 0.6 is 11.8 Å². The summed E-state index contributed by atoms with van der Waals surface area (Å²) in [6, 6.07) is 11.9. The number of halogens is 1. The van der Waals surface area contributed by atoms with Gasteiger partial charge in [-0.15, -0.1) is 0 Å². The number of benzene rings is 2. The zero-order valence-electron chi connectivity index (χ0n) is 16.2. The van der Waals surface area contributed by atoms with Gasteiger partial charge in [0.2, 0.25) is 5.88 Å². The van der Waals surface area contributed by atoms with Crippen LogP contribution in [0.25, 0.3) is 0 Å². The van der Waals surface area contributed by atoms with Crippen LogP contribution in [0.3, 0.4) is 0 Å². The number of aliphatic imine (C=N–C) groups is 1. The molecule has 4 rings (SSSR count). The number of nitrogens with two attached hydrogens (primary N) is 1. The predicted octanol–water partition coefficient (Wildman–Crippen LogP) is 3.56. The molecule has 3 aromatic rings. The maximum absolute atomic E-state index is 14.8. The highest BCUT2D eigenvalue weighted by Crippen LogP contribution is 2.47. The normalized spacial score (nSPS) is 17.6. The number of methoxy groups -OCH3 is 1. The molecule has 0 fully saturated rings. The van der Waals surface area contributed by atoms with Crippen molar-refractivity contribution in [3.63, 3.8) is 0 Å². The van der Waals surface area contributed by atoms with Gasteiger partial charge in [0, 0.05) is 21.7 Å². The van der Waals surface area contributed by atoms with Gasteiger partial charge in [-0.3, -0.25) is 4.79 Å². The lowest BCUT2D eigenvalue weighted by Gasteiger charge is -2.31. The number of nitrogens with one attached hydrogen (secondary N) is 1. The first-order valence-electron chi connectivity index (χ1n) is 9.01. The van der Waals surface area contributed by atoms with Crippen LogP contribution in [-0.4, -0.2) is 28.8 Å². The molecule has 0 aliphatic carbocycles. The molecule has 0 saturated heterocycles. The molecule has 0 saturated carbocycles. The molecule has 1 aliphatic rings. The van der Waals surface area contributed by atoms with Crippen LogP contribution in [0.15, 0.2) is 64.7 Å². The number of carbonyl (C=O) groups excluding carboxylic acids is 1. The smallest absolute Gasteiger partial charge is 0.275 e. The van der Waals surface area contributed by atoms with E-state index in [0.29, 0.717) is 23.0 Å². The second kappa shape index (κ2) is 7.75. The van der Waals surface area contributed by atoms with Gasteiger partial charge in [0.15, 0.2) is 0 Å². The third kappa shape index (κ3) is 3.71. The van der Waals surface area contributed by atoms with E-state index in [2.05, 4.69) is 20.3 Å². The number of amidine groups is 1. The van der Waals surface area contributed by atoms with Crippen molar-refractivity contribution in [1.29, 1.82) is 0 Å². The summed E-state index contributed by atoms with van der Waals surface area (Å²) < 4.78 is 19.7. The summed E-state index contributed by atoms with van der Waals surface area (Å²) in [5.74, 6) is -0.275. The van der Waals surface area contributed by atoms with Gasteiger partial charge in [-0.1, -0.05) is 30.0 Å². The first-order chi connectivity index (χ1) is 14.4. The molecule has 0 spiro atoms. The Bertz CT molecular complexity index is 1150. The Balaban J connectivity index is 1.64. The second-order valence-electron chi connectivity index (χ2n) is 6.67. The Morgan fingerprint density at radius 3 is 2.73 bits per heavy atom. The van der Waals surface area contributed by atoms with Crippen LogP contribution in [-0.2, 0) is 4.87 Å². The third-order valence-electron chi connectivity index (χ3n) is 4.60. The Labute approximate surface area is 176 Å². The average molecular weight is 423 g/mol. The predicted molar refractivity (Wildman–Crippen MR) is 113 cm³/mol. The lowest BCUT2D eigenvalue weighted by molar-refractivity contribution is 0.102. The number of aromatic nitrogens is 2. The first kappa shape index (κ1) is 19.8. The lowest BCUT2D eigenvalue weighted by Crippen LogP contribution is -2.28. The van der Waals surface area contributed by atoms with Crippen molar-refractivity contribution in [3.05, 3.63) is 77.5 Å². The SMILES string of the molecule is COc1cnc(C(=O)Nc2ccc(F)c(C3(C)N=C(N)c4ccccc4S3)c2)cn1. The van der Waals surface area contributed by atoms with Crippen LogP contribution in [0.2, 0.25) is 0 Å². The van der Waals surface area contributed by atoms with Gasteiger partial charge >= 0.3 is 0 Å². The number of anilines is 1. The fourth-order valence-electron chi connectivity index (χ4n) is 3.10. The van der Waals surface area contributed by atoms with Crippen LogP contribution in [0.1, 0.15) is 28.5 Å². The molecule has 1 aliphatic heterocycles. The maximum Gasteiger partial charge on any atom is 0.275 e. The molecule has 0 bridgehead atoms. The number of hydrogen-bond donors (Lipinski definition) is 2. The van der Waals surface area contributed by atoms with E-state index in [1.165, 1.54) is 43.4 Å². The molecule has 1 aromatic heterocycles. The summed E-state index contributed by atoms with van der Waals surface area (Å²) in [5.41, 5.74) is 7.79. The number of hydrogen-bond acceptors (Lipinski definition) is 7. The Morgan fingerprint density at radius 2 is 2.00 bits per heavy atom. The van der Waals surface area contributed by atoms with Crippen molar-refractivity contribution in [2.75, 3.05) is 12.4 Å². The van der Waals surface area contributed by atoms with E-state index in [-0.39, 0.29) is 5.69 Å². The Hall–Kier alpha value is -3.46. The molecule has 152 valence electrons. The van der Waals surface area contributed by atoms with Gasteiger partial charge < -0.3 is 15.8 Å². The summed E-state index contributed by atoms with van der Waals surface area (Å²) in [5, 5.41) is 2.71. The molecular formula is C21H18FN5O2S. The van der Waals surface area contributed by atoms with Gasteiger partial charge in [0.1, 0.15) is 22.2 Å². The molecule has 3 N–H and O–H groups in total. The molecule has 2 aromatic carbocycles. The number of thioether (sulfide) groups is 1. The van der Waals surface area contributed by atoms with Crippen LogP contribution < -0.4 is 15.8 Å². The van der Waals surface area contributed by atoms with E-state index in [9.17, 15) is 9.18 Å². The third-order valence-corrected chi connectivity index (χ3v) is 5.88. The van der Waals surface area contributed by atoms with Crippen molar-refractivity contribution in [3.8, 4) is 5.88 Å². The van der Waals surface area contributed by atoms with Crippen molar-refractivity contribution in [1.82, 2.24) is 9.97 Å². The minimum Gasteiger partial charge on any atom is -0.480 e. The molecule has 0 radical (unpaired) electrons. The molecular weight excluding hydrogens is 405 g/mol. The fourth-order valence-corrected chi connectivity index (χ4v) is 4.37. The number of carbonyl (C=O) groups is 1.